The van der Waals surface area contributed by atoms with E-state index in [1.165, 1.54) is 16.8 Å². The molecule has 2 aromatic rings. The average molecular weight is 320 g/mol. The average Bonchev–Trinajstić information content (AvgIpc) is 2.58. The first-order chi connectivity index (χ1) is 11.6. The molecule has 0 aliphatic carbocycles. The van der Waals surface area contributed by atoms with Crippen molar-refractivity contribution in [1.82, 2.24) is 0 Å². The van der Waals surface area contributed by atoms with Crippen LogP contribution in [0.2, 0.25) is 0 Å². The number of rotatable bonds is 3. The van der Waals surface area contributed by atoms with Gasteiger partial charge in [-0.1, -0.05) is 36.4 Å². The third kappa shape index (κ3) is 3.07. The lowest BCUT2D eigenvalue weighted by Gasteiger charge is -2.27. The van der Waals surface area contributed by atoms with Crippen LogP contribution in [0.5, 0.6) is 0 Å². The molecule has 3 nitrogen and oxygen atoms in total. The van der Waals surface area contributed by atoms with Crippen molar-refractivity contribution in [3.63, 3.8) is 0 Å². The molecule has 1 heterocycles. The Hall–Kier alpha value is -2.55. The summed E-state index contributed by atoms with van der Waals surface area (Å²) in [6.45, 7) is 8.55. The highest BCUT2D eigenvalue weighted by Gasteiger charge is 2.18. The number of para-hydroxylation sites is 1. The van der Waals surface area contributed by atoms with Crippen molar-refractivity contribution >= 4 is 29.4 Å². The highest BCUT2D eigenvalue weighted by molar-refractivity contribution is 5.95. The quantitative estimate of drug-likeness (QED) is 0.827. The lowest BCUT2D eigenvalue weighted by molar-refractivity contribution is -0.116. The minimum absolute atomic E-state index is 0.0662. The maximum atomic E-state index is 12.2. The molecule has 0 aromatic heterocycles. The van der Waals surface area contributed by atoms with Gasteiger partial charge in [0, 0.05) is 25.7 Å². The van der Waals surface area contributed by atoms with Gasteiger partial charge in [-0.05, 0) is 48.7 Å². The van der Waals surface area contributed by atoms with Gasteiger partial charge < -0.3 is 9.80 Å². The standard InChI is InChI=1S/C21H24N2O/c1-4-22(5-2)20-13-12-19-15-23(16(3)24)21-9-7-6-8-17(21)10-11-18(19)14-20/h6-14H,4-5,15H2,1-3H3/b11-10-. The number of carbonyl (C=O) groups excluding carboxylic acids is 1. The van der Waals surface area contributed by atoms with Gasteiger partial charge in [-0.25, -0.2) is 0 Å². The van der Waals surface area contributed by atoms with Crippen LogP contribution in [0.4, 0.5) is 11.4 Å². The van der Waals surface area contributed by atoms with Crippen LogP contribution in [-0.2, 0) is 11.3 Å². The van der Waals surface area contributed by atoms with Gasteiger partial charge in [-0.15, -0.1) is 0 Å². The fourth-order valence-electron chi connectivity index (χ4n) is 3.26. The van der Waals surface area contributed by atoms with Gasteiger partial charge in [-0.3, -0.25) is 4.79 Å². The molecule has 0 atom stereocenters. The minimum atomic E-state index is 0.0662. The molecule has 24 heavy (non-hydrogen) atoms. The molecular formula is C21H24N2O. The zero-order valence-electron chi connectivity index (χ0n) is 14.6. The van der Waals surface area contributed by atoms with Crippen LogP contribution >= 0.6 is 0 Å². The number of hydrogen-bond acceptors (Lipinski definition) is 2. The van der Waals surface area contributed by atoms with E-state index >= 15 is 0 Å². The smallest absolute Gasteiger partial charge is 0.224 e. The Balaban J connectivity index is 2.09. The molecule has 0 saturated carbocycles. The van der Waals surface area contributed by atoms with Crippen LogP contribution < -0.4 is 9.80 Å². The van der Waals surface area contributed by atoms with Crippen LogP contribution in [0.25, 0.3) is 12.2 Å². The number of carbonyl (C=O) groups is 1. The van der Waals surface area contributed by atoms with E-state index in [0.717, 1.165) is 24.3 Å². The number of hydrogen-bond donors (Lipinski definition) is 0. The normalized spacial score (nSPS) is 14.2. The summed E-state index contributed by atoms with van der Waals surface area (Å²) in [4.78, 5) is 16.4. The topological polar surface area (TPSA) is 23.6 Å². The molecule has 1 aliphatic rings. The fraction of sp³-hybridized carbons (Fsp3) is 0.286. The first-order valence-electron chi connectivity index (χ1n) is 8.57. The second kappa shape index (κ2) is 6.91. The van der Waals surface area contributed by atoms with Crippen molar-refractivity contribution in [2.24, 2.45) is 0 Å². The van der Waals surface area contributed by atoms with Crippen molar-refractivity contribution < 1.29 is 4.79 Å². The van der Waals surface area contributed by atoms with Crippen molar-refractivity contribution in [3.8, 4) is 0 Å². The molecule has 1 amide bonds. The second-order valence-corrected chi connectivity index (χ2v) is 6.05. The minimum Gasteiger partial charge on any atom is -0.372 e. The van der Waals surface area contributed by atoms with Gasteiger partial charge in [0.25, 0.3) is 0 Å². The van der Waals surface area contributed by atoms with Gasteiger partial charge in [0.05, 0.1) is 12.2 Å². The molecular weight excluding hydrogens is 296 g/mol. The number of anilines is 2. The van der Waals surface area contributed by atoms with Crippen molar-refractivity contribution in [2.75, 3.05) is 22.9 Å². The summed E-state index contributed by atoms with van der Waals surface area (Å²) in [5.74, 6) is 0.0662. The Morgan fingerprint density at radius 3 is 2.46 bits per heavy atom. The summed E-state index contributed by atoms with van der Waals surface area (Å²) in [5.41, 5.74) is 5.63. The summed E-state index contributed by atoms with van der Waals surface area (Å²) >= 11 is 0. The fourth-order valence-corrected chi connectivity index (χ4v) is 3.26. The highest BCUT2D eigenvalue weighted by atomic mass is 16.2. The van der Waals surface area contributed by atoms with Crippen LogP contribution in [0.1, 0.15) is 37.5 Å². The highest BCUT2D eigenvalue weighted by Crippen LogP contribution is 2.30. The summed E-state index contributed by atoms with van der Waals surface area (Å²) in [6.07, 6.45) is 4.27. The van der Waals surface area contributed by atoms with E-state index in [9.17, 15) is 4.79 Å². The lowest BCUT2D eigenvalue weighted by Crippen LogP contribution is -2.29. The van der Waals surface area contributed by atoms with Gasteiger partial charge in [0.15, 0.2) is 0 Å². The van der Waals surface area contributed by atoms with E-state index in [1.54, 1.807) is 6.92 Å². The van der Waals surface area contributed by atoms with E-state index in [1.807, 2.05) is 23.1 Å². The predicted molar refractivity (Wildman–Crippen MR) is 102 cm³/mol. The molecule has 0 N–H and O–H groups in total. The zero-order chi connectivity index (χ0) is 17.1. The van der Waals surface area contributed by atoms with E-state index < -0.39 is 0 Å². The second-order valence-electron chi connectivity index (χ2n) is 6.05. The van der Waals surface area contributed by atoms with Gasteiger partial charge in [0.2, 0.25) is 5.91 Å². The SMILES string of the molecule is CCN(CC)c1ccc2c(c1)/C=C\c1ccccc1N(C(C)=O)C2. The summed E-state index contributed by atoms with van der Waals surface area (Å²) in [5, 5.41) is 0. The van der Waals surface area contributed by atoms with Crippen LogP contribution in [0.15, 0.2) is 42.5 Å². The van der Waals surface area contributed by atoms with Crippen molar-refractivity contribution in [1.29, 1.82) is 0 Å². The maximum absolute atomic E-state index is 12.2. The number of nitrogens with zero attached hydrogens (tertiary/aromatic N) is 2. The molecule has 2 aromatic carbocycles. The molecule has 0 fully saturated rings. The molecule has 3 heteroatoms. The third-order valence-electron chi connectivity index (χ3n) is 4.64. The number of amides is 1. The molecule has 124 valence electrons. The van der Waals surface area contributed by atoms with E-state index in [-0.39, 0.29) is 5.91 Å². The van der Waals surface area contributed by atoms with Gasteiger partial charge >= 0.3 is 0 Å². The monoisotopic (exact) mass is 320 g/mol. The first-order valence-corrected chi connectivity index (χ1v) is 8.57. The maximum Gasteiger partial charge on any atom is 0.224 e. The summed E-state index contributed by atoms with van der Waals surface area (Å²) in [6, 6.07) is 14.6. The first kappa shape index (κ1) is 16.3. The Morgan fingerprint density at radius 1 is 1.04 bits per heavy atom. The van der Waals surface area contributed by atoms with Crippen molar-refractivity contribution in [2.45, 2.75) is 27.3 Å². The molecule has 0 radical (unpaired) electrons. The zero-order valence-corrected chi connectivity index (χ0v) is 14.6. The van der Waals surface area contributed by atoms with Crippen LogP contribution in [0, 0.1) is 0 Å². The number of benzene rings is 2. The van der Waals surface area contributed by atoms with Crippen molar-refractivity contribution in [3.05, 3.63) is 59.2 Å². The Bertz CT molecular complexity index is 775. The van der Waals surface area contributed by atoms with Crippen LogP contribution in [-0.4, -0.2) is 19.0 Å². The molecule has 3 rings (SSSR count). The molecule has 0 bridgehead atoms. The molecule has 0 spiro atoms. The number of fused-ring (bicyclic) bond motifs is 2. The molecule has 0 unspecified atom stereocenters. The van der Waals surface area contributed by atoms with Gasteiger partial charge in [-0.2, -0.15) is 0 Å². The predicted octanol–water partition coefficient (Wildman–Crippen LogP) is 4.57. The van der Waals surface area contributed by atoms with E-state index in [4.69, 9.17) is 0 Å². The lowest BCUT2D eigenvalue weighted by atomic mass is 10.00. The molecule has 1 aliphatic heterocycles. The van der Waals surface area contributed by atoms with Crippen LogP contribution in [0.3, 0.4) is 0 Å². The molecule has 0 saturated heterocycles. The Labute approximate surface area is 144 Å². The van der Waals surface area contributed by atoms with E-state index in [0.29, 0.717) is 6.54 Å². The van der Waals surface area contributed by atoms with Gasteiger partial charge in [0.1, 0.15) is 0 Å². The Morgan fingerprint density at radius 2 is 1.75 bits per heavy atom. The summed E-state index contributed by atoms with van der Waals surface area (Å²) < 4.78 is 0. The largest absolute Gasteiger partial charge is 0.372 e. The summed E-state index contributed by atoms with van der Waals surface area (Å²) in [7, 11) is 0. The third-order valence-corrected chi connectivity index (χ3v) is 4.64. The van der Waals surface area contributed by atoms with E-state index in [2.05, 4.69) is 55.2 Å². The Kier molecular flexibility index (Phi) is 4.70.